The van der Waals surface area contributed by atoms with Crippen molar-refractivity contribution in [3.05, 3.63) is 65.6 Å². The third kappa shape index (κ3) is 4.66. The van der Waals surface area contributed by atoms with Crippen LogP contribution in [-0.4, -0.2) is 34.7 Å². The number of rotatable bonds is 4. The van der Waals surface area contributed by atoms with Crippen LogP contribution in [0.5, 0.6) is 0 Å². The Labute approximate surface area is 180 Å². The van der Waals surface area contributed by atoms with Crippen molar-refractivity contribution in [3.8, 4) is 11.3 Å². The van der Waals surface area contributed by atoms with E-state index in [1.54, 1.807) is 30.6 Å². The first-order chi connectivity index (χ1) is 14.4. The Kier molecular flexibility index (Phi) is 5.79. The lowest BCUT2D eigenvalue weighted by atomic mass is 9.98. The van der Waals surface area contributed by atoms with Gasteiger partial charge in [0.15, 0.2) is 5.76 Å². The number of pyridine rings is 1. The molecule has 3 aromatic rings. The molecule has 0 bridgehead atoms. The van der Waals surface area contributed by atoms with Gasteiger partial charge in [-0.3, -0.25) is 9.78 Å². The molecule has 0 spiro atoms. The number of furan rings is 1. The van der Waals surface area contributed by atoms with E-state index in [2.05, 4.69) is 15.2 Å². The van der Waals surface area contributed by atoms with Gasteiger partial charge in [-0.05, 0) is 68.7 Å². The molecular formula is C23H24ClN3O3. The quantitative estimate of drug-likeness (QED) is 0.615. The second-order valence-corrected chi connectivity index (χ2v) is 8.29. The highest BCUT2D eigenvalue weighted by Crippen LogP contribution is 2.33. The van der Waals surface area contributed by atoms with Gasteiger partial charge in [0.25, 0.3) is 5.91 Å². The van der Waals surface area contributed by atoms with Crippen molar-refractivity contribution in [1.29, 1.82) is 0 Å². The zero-order chi connectivity index (χ0) is 21.1. The summed E-state index contributed by atoms with van der Waals surface area (Å²) in [5, 5.41) is 13.9. The summed E-state index contributed by atoms with van der Waals surface area (Å²) in [6.07, 6.45) is 5.64. The second-order valence-electron chi connectivity index (χ2n) is 7.85. The van der Waals surface area contributed by atoms with Gasteiger partial charge in [-0.2, -0.15) is 0 Å². The van der Waals surface area contributed by atoms with E-state index >= 15 is 0 Å². The predicted octanol–water partition coefficient (Wildman–Crippen LogP) is 4.99. The van der Waals surface area contributed by atoms with E-state index in [1.165, 1.54) is 0 Å². The van der Waals surface area contributed by atoms with Crippen LogP contribution in [0.4, 0.5) is 11.4 Å². The number of anilines is 2. The Morgan fingerprint density at radius 3 is 2.77 bits per heavy atom. The van der Waals surface area contributed by atoms with Crippen LogP contribution in [0, 0.1) is 0 Å². The van der Waals surface area contributed by atoms with Crippen molar-refractivity contribution in [2.75, 3.05) is 23.3 Å². The molecule has 4 rings (SSSR count). The molecule has 1 aliphatic rings. The van der Waals surface area contributed by atoms with Crippen molar-refractivity contribution in [2.45, 2.75) is 31.8 Å². The maximum absolute atomic E-state index is 12.9. The van der Waals surface area contributed by atoms with Crippen molar-refractivity contribution in [1.82, 2.24) is 4.98 Å². The first-order valence-corrected chi connectivity index (χ1v) is 10.4. The lowest BCUT2D eigenvalue weighted by Crippen LogP contribution is -2.29. The molecule has 0 radical (unpaired) electrons. The molecule has 2 N–H and O–H groups in total. The lowest BCUT2D eigenvalue weighted by Gasteiger charge is -2.26. The molecule has 0 saturated carbocycles. The van der Waals surface area contributed by atoms with E-state index in [9.17, 15) is 9.90 Å². The number of aliphatic hydroxyl groups is 1. The first kappa shape index (κ1) is 20.4. The zero-order valence-corrected chi connectivity index (χ0v) is 17.5. The normalized spacial score (nSPS) is 19.4. The number of carbonyl (C=O) groups is 1. The van der Waals surface area contributed by atoms with E-state index in [0.717, 1.165) is 30.6 Å². The second kappa shape index (κ2) is 8.50. The zero-order valence-electron chi connectivity index (χ0n) is 16.8. The van der Waals surface area contributed by atoms with Crippen LogP contribution in [0.15, 0.2) is 59.3 Å². The van der Waals surface area contributed by atoms with E-state index in [4.69, 9.17) is 16.0 Å². The number of nitrogens with one attached hydrogen (secondary N) is 1. The monoisotopic (exact) mass is 425 g/mol. The highest BCUT2D eigenvalue weighted by Gasteiger charge is 2.26. The smallest absolute Gasteiger partial charge is 0.291 e. The fourth-order valence-electron chi connectivity index (χ4n) is 3.70. The summed E-state index contributed by atoms with van der Waals surface area (Å²) in [6.45, 7) is 3.37. The highest BCUT2D eigenvalue weighted by atomic mass is 35.5. The Morgan fingerprint density at radius 2 is 1.97 bits per heavy atom. The van der Waals surface area contributed by atoms with Crippen LogP contribution < -0.4 is 10.2 Å². The van der Waals surface area contributed by atoms with Crippen LogP contribution in [0.2, 0.25) is 5.02 Å². The van der Waals surface area contributed by atoms with E-state index in [0.29, 0.717) is 29.4 Å². The van der Waals surface area contributed by atoms with Crippen LogP contribution in [0.1, 0.15) is 36.7 Å². The molecule has 1 fully saturated rings. The minimum absolute atomic E-state index is 0.214. The number of aromatic nitrogens is 1. The molecule has 1 aliphatic heterocycles. The number of carbonyl (C=O) groups excluding carboxylic acids is 1. The van der Waals surface area contributed by atoms with Gasteiger partial charge in [0, 0.05) is 36.1 Å². The van der Waals surface area contributed by atoms with Crippen molar-refractivity contribution in [2.24, 2.45) is 0 Å². The van der Waals surface area contributed by atoms with Crippen LogP contribution in [0.25, 0.3) is 11.3 Å². The first-order valence-electron chi connectivity index (χ1n) is 10.00. The Balaban J connectivity index is 1.55. The molecule has 1 saturated heterocycles. The molecule has 0 unspecified atom stereocenters. The van der Waals surface area contributed by atoms with Crippen LogP contribution in [0.3, 0.4) is 0 Å². The summed E-state index contributed by atoms with van der Waals surface area (Å²) < 4.78 is 5.75. The third-order valence-corrected chi connectivity index (χ3v) is 5.64. The lowest BCUT2D eigenvalue weighted by molar-refractivity contribution is 0.0481. The Bertz CT molecular complexity index is 1030. The number of hydrogen-bond donors (Lipinski definition) is 2. The van der Waals surface area contributed by atoms with Gasteiger partial charge < -0.3 is 19.7 Å². The van der Waals surface area contributed by atoms with E-state index in [1.807, 2.05) is 31.2 Å². The van der Waals surface area contributed by atoms with Gasteiger partial charge in [-0.25, -0.2) is 0 Å². The minimum atomic E-state index is -0.665. The fraction of sp³-hybridized carbons (Fsp3) is 0.304. The third-order valence-electron chi connectivity index (χ3n) is 5.41. The summed E-state index contributed by atoms with van der Waals surface area (Å²) in [6, 6.07) is 12.5. The molecule has 6 nitrogen and oxygen atoms in total. The van der Waals surface area contributed by atoms with Crippen molar-refractivity contribution >= 4 is 28.9 Å². The molecule has 3 heterocycles. The van der Waals surface area contributed by atoms with Gasteiger partial charge in [-0.1, -0.05) is 11.6 Å². The topological polar surface area (TPSA) is 78.6 Å². The molecule has 1 amide bonds. The van der Waals surface area contributed by atoms with Gasteiger partial charge in [0.2, 0.25) is 0 Å². The maximum atomic E-state index is 12.9. The Hall–Kier alpha value is -2.83. The van der Waals surface area contributed by atoms with Crippen molar-refractivity contribution in [3.63, 3.8) is 0 Å². The van der Waals surface area contributed by atoms with Gasteiger partial charge in [0.05, 0.1) is 17.0 Å². The highest BCUT2D eigenvalue weighted by molar-refractivity contribution is 6.31. The van der Waals surface area contributed by atoms with E-state index in [-0.39, 0.29) is 11.7 Å². The molecule has 0 aliphatic carbocycles. The van der Waals surface area contributed by atoms with Gasteiger partial charge >= 0.3 is 0 Å². The SMILES string of the molecule is C[C@@]1(O)CCCN(c2ccc(Cl)cc2NC(=O)c2ccc(-c3ccncc3)o2)CC1. The average molecular weight is 426 g/mol. The summed E-state index contributed by atoms with van der Waals surface area (Å²) in [4.78, 5) is 19.0. The molecular weight excluding hydrogens is 402 g/mol. The molecule has 30 heavy (non-hydrogen) atoms. The molecule has 1 atom stereocenters. The number of hydrogen-bond acceptors (Lipinski definition) is 5. The largest absolute Gasteiger partial charge is 0.451 e. The van der Waals surface area contributed by atoms with Crippen molar-refractivity contribution < 1.29 is 14.3 Å². The van der Waals surface area contributed by atoms with Gasteiger partial charge in [-0.15, -0.1) is 0 Å². The van der Waals surface area contributed by atoms with E-state index < -0.39 is 5.60 Å². The van der Waals surface area contributed by atoms with Crippen LogP contribution >= 0.6 is 11.6 Å². The summed E-state index contributed by atoms with van der Waals surface area (Å²) in [7, 11) is 0. The number of benzene rings is 1. The standard InChI is InChI=1S/C23H24ClN3O3/c1-23(29)9-2-13-27(14-10-23)19-4-3-17(24)15-18(19)26-22(28)21-6-5-20(30-21)16-7-11-25-12-8-16/h3-8,11-12,15,29H,2,9-10,13-14H2,1H3,(H,26,28)/t23-/m1/s1. The number of nitrogens with zero attached hydrogens (tertiary/aromatic N) is 2. The maximum Gasteiger partial charge on any atom is 0.291 e. The molecule has 7 heteroatoms. The fourth-order valence-corrected chi connectivity index (χ4v) is 3.88. The van der Waals surface area contributed by atoms with Gasteiger partial charge in [0.1, 0.15) is 5.76 Å². The predicted molar refractivity (Wildman–Crippen MR) is 118 cm³/mol. The number of halogens is 1. The summed E-state index contributed by atoms with van der Waals surface area (Å²) >= 11 is 6.21. The molecule has 1 aromatic carbocycles. The summed E-state index contributed by atoms with van der Waals surface area (Å²) in [5.74, 6) is 0.468. The average Bonchev–Trinajstić information content (AvgIpc) is 3.15. The molecule has 2 aromatic heterocycles. The van der Waals surface area contributed by atoms with Crippen LogP contribution in [-0.2, 0) is 0 Å². The summed E-state index contributed by atoms with van der Waals surface area (Å²) in [5.41, 5.74) is 1.69. The number of amides is 1. The molecule has 156 valence electrons. The minimum Gasteiger partial charge on any atom is -0.451 e. The Morgan fingerprint density at radius 1 is 1.17 bits per heavy atom.